The van der Waals surface area contributed by atoms with E-state index in [0.717, 1.165) is 0 Å². The molecule has 0 heterocycles. The van der Waals surface area contributed by atoms with E-state index >= 15 is 0 Å². The van der Waals surface area contributed by atoms with Crippen LogP contribution < -0.4 is 0 Å². The van der Waals surface area contributed by atoms with E-state index in [1.807, 2.05) is 36.4 Å². The monoisotopic (exact) mass is 361 g/mol. The van der Waals surface area contributed by atoms with E-state index in [4.69, 9.17) is 9.05 Å². The van der Waals surface area contributed by atoms with Crippen LogP contribution in [0.3, 0.4) is 0 Å². The van der Waals surface area contributed by atoms with Crippen molar-refractivity contribution in [3.63, 3.8) is 0 Å². The topological polar surface area (TPSA) is 38.8 Å². The van der Waals surface area contributed by atoms with Crippen molar-refractivity contribution >= 4 is 7.60 Å². The molecule has 0 aliphatic heterocycles. The molecule has 0 saturated heterocycles. The molecule has 0 aliphatic carbocycles. The number of benzene rings is 2. The van der Waals surface area contributed by atoms with Gasteiger partial charge in [0.1, 0.15) is 5.78 Å². The van der Waals surface area contributed by atoms with Crippen LogP contribution in [0.5, 0.6) is 0 Å². The summed E-state index contributed by atoms with van der Waals surface area (Å²) in [7, 11) is -0.329. The van der Waals surface area contributed by atoms with Crippen molar-refractivity contribution in [3.8, 4) is 0 Å². The first kappa shape index (κ1) is 19.9. The average molecular weight is 361 g/mol. The molecular formula is C20H28NO3P. The fourth-order valence-corrected chi connectivity index (χ4v) is 5.03. The van der Waals surface area contributed by atoms with Gasteiger partial charge in [0.25, 0.3) is 0 Å². The maximum atomic E-state index is 13.2. The number of rotatable bonds is 9. The maximum absolute atomic E-state index is 13.2. The van der Waals surface area contributed by atoms with Gasteiger partial charge in [0.2, 0.25) is 0 Å². The predicted octanol–water partition coefficient (Wildman–Crippen LogP) is 5.16. The molecule has 0 aliphatic rings. The highest BCUT2D eigenvalue weighted by atomic mass is 31.2. The lowest BCUT2D eigenvalue weighted by Crippen LogP contribution is -2.38. The number of nitrogens with zero attached hydrogens (tertiary/aromatic N) is 1. The van der Waals surface area contributed by atoms with Crippen molar-refractivity contribution in [1.82, 2.24) is 4.90 Å². The van der Waals surface area contributed by atoms with E-state index in [1.165, 1.54) is 25.3 Å². The number of hydrogen-bond acceptors (Lipinski definition) is 4. The van der Waals surface area contributed by atoms with Crippen LogP contribution in [0, 0.1) is 5.92 Å². The van der Waals surface area contributed by atoms with Crippen molar-refractivity contribution in [1.29, 1.82) is 0 Å². The van der Waals surface area contributed by atoms with Gasteiger partial charge >= 0.3 is 7.60 Å². The van der Waals surface area contributed by atoms with Crippen LogP contribution in [0.1, 0.15) is 25.0 Å². The summed E-state index contributed by atoms with van der Waals surface area (Å²) in [5.74, 6) is -0.221. The molecule has 136 valence electrons. The van der Waals surface area contributed by atoms with Gasteiger partial charge in [-0.05, 0) is 17.0 Å². The summed E-state index contributed by atoms with van der Waals surface area (Å²) < 4.78 is 23.9. The zero-order valence-electron chi connectivity index (χ0n) is 15.5. The van der Waals surface area contributed by atoms with E-state index in [2.05, 4.69) is 43.0 Å². The molecule has 2 aromatic carbocycles. The first-order chi connectivity index (χ1) is 12.0. The molecule has 25 heavy (non-hydrogen) atoms. The normalized spacial score (nSPS) is 13.4. The van der Waals surface area contributed by atoms with E-state index in [-0.39, 0.29) is 11.7 Å². The summed E-state index contributed by atoms with van der Waals surface area (Å²) in [4.78, 5) is 2.20. The zero-order chi connectivity index (χ0) is 18.3. The van der Waals surface area contributed by atoms with Crippen molar-refractivity contribution < 1.29 is 13.6 Å². The largest absolute Gasteiger partial charge is 0.347 e. The lowest BCUT2D eigenvalue weighted by molar-refractivity contribution is 0.148. The highest BCUT2D eigenvalue weighted by Crippen LogP contribution is 2.55. The molecule has 2 rings (SSSR count). The fraction of sp³-hybridized carbons (Fsp3) is 0.400. The molecular weight excluding hydrogens is 333 g/mol. The van der Waals surface area contributed by atoms with Gasteiger partial charge < -0.3 is 9.05 Å². The van der Waals surface area contributed by atoms with Crippen LogP contribution in [0.25, 0.3) is 0 Å². The summed E-state index contributed by atoms with van der Waals surface area (Å²) in [6.45, 7) is 5.46. The van der Waals surface area contributed by atoms with Gasteiger partial charge in [0, 0.05) is 27.3 Å². The molecule has 0 spiro atoms. The van der Waals surface area contributed by atoms with Crippen molar-refractivity contribution in [2.24, 2.45) is 5.92 Å². The summed E-state index contributed by atoms with van der Waals surface area (Å²) in [5.41, 5.74) is 2.34. The molecule has 0 radical (unpaired) electrons. The summed E-state index contributed by atoms with van der Waals surface area (Å²) in [6, 6.07) is 20.4. The minimum absolute atomic E-state index is 0.109. The van der Waals surface area contributed by atoms with Crippen LogP contribution in [0.15, 0.2) is 60.7 Å². The lowest BCUT2D eigenvalue weighted by atomic mass is 10.1. The molecule has 0 aromatic heterocycles. The quantitative estimate of drug-likeness (QED) is 0.579. The first-order valence-corrected chi connectivity index (χ1v) is 10.1. The lowest BCUT2D eigenvalue weighted by Gasteiger charge is -2.37. The molecule has 0 N–H and O–H groups in total. The molecule has 5 heteroatoms. The van der Waals surface area contributed by atoms with E-state index in [9.17, 15) is 4.57 Å². The van der Waals surface area contributed by atoms with Crippen LogP contribution >= 0.6 is 7.60 Å². The molecule has 0 bridgehead atoms. The van der Waals surface area contributed by atoms with Crippen LogP contribution in [-0.2, 0) is 26.7 Å². The Morgan fingerprint density at radius 2 is 1.24 bits per heavy atom. The Morgan fingerprint density at radius 3 is 1.56 bits per heavy atom. The minimum atomic E-state index is -3.25. The van der Waals surface area contributed by atoms with Gasteiger partial charge in [-0.3, -0.25) is 9.46 Å². The van der Waals surface area contributed by atoms with Gasteiger partial charge in [-0.15, -0.1) is 0 Å². The summed E-state index contributed by atoms with van der Waals surface area (Å²) in [6.07, 6.45) is 0. The molecule has 0 saturated carbocycles. The number of hydrogen-bond donors (Lipinski definition) is 0. The van der Waals surface area contributed by atoms with Gasteiger partial charge in [-0.25, -0.2) is 0 Å². The molecule has 2 aromatic rings. The third kappa shape index (κ3) is 5.26. The molecule has 0 fully saturated rings. The van der Waals surface area contributed by atoms with Gasteiger partial charge in [0.05, 0.1) is 0 Å². The summed E-state index contributed by atoms with van der Waals surface area (Å²) in [5, 5.41) is 0. The Morgan fingerprint density at radius 1 is 0.840 bits per heavy atom. The van der Waals surface area contributed by atoms with Crippen LogP contribution in [0.4, 0.5) is 0 Å². The van der Waals surface area contributed by atoms with Gasteiger partial charge in [0.15, 0.2) is 0 Å². The van der Waals surface area contributed by atoms with Crippen LogP contribution in [-0.4, -0.2) is 24.9 Å². The Bertz CT molecular complexity index is 626. The van der Waals surface area contributed by atoms with E-state index < -0.39 is 7.60 Å². The molecule has 0 amide bonds. The van der Waals surface area contributed by atoms with Crippen molar-refractivity contribution in [2.75, 3.05) is 14.2 Å². The Labute approximate surface area is 151 Å². The third-order valence-electron chi connectivity index (χ3n) is 4.26. The fourth-order valence-electron chi connectivity index (χ4n) is 3.16. The Hall–Kier alpha value is -1.45. The third-order valence-corrected chi connectivity index (χ3v) is 6.85. The Kier molecular flexibility index (Phi) is 7.39. The summed E-state index contributed by atoms with van der Waals surface area (Å²) >= 11 is 0. The molecule has 4 nitrogen and oxygen atoms in total. The predicted molar refractivity (Wildman–Crippen MR) is 102 cm³/mol. The SMILES string of the molecule is COP(=O)(OC)C(C(C)C)N(Cc1ccccc1)Cc1ccccc1. The van der Waals surface area contributed by atoms with Gasteiger partial charge in [-0.2, -0.15) is 0 Å². The van der Waals surface area contributed by atoms with E-state index in [1.54, 1.807) is 0 Å². The Balaban J connectivity index is 2.38. The highest BCUT2D eigenvalue weighted by molar-refractivity contribution is 7.54. The second-order valence-corrected chi connectivity index (χ2v) is 8.78. The standard InChI is InChI=1S/C20H28NO3P/c1-17(2)20(25(22,23-3)24-4)21(15-18-11-7-5-8-12-18)16-19-13-9-6-10-14-19/h5-14,17,20H,15-16H2,1-4H3. The van der Waals surface area contributed by atoms with Crippen molar-refractivity contribution in [2.45, 2.75) is 32.7 Å². The van der Waals surface area contributed by atoms with Crippen LogP contribution in [0.2, 0.25) is 0 Å². The highest BCUT2D eigenvalue weighted by Gasteiger charge is 2.40. The van der Waals surface area contributed by atoms with Crippen molar-refractivity contribution in [3.05, 3.63) is 71.8 Å². The van der Waals surface area contributed by atoms with Gasteiger partial charge in [-0.1, -0.05) is 74.5 Å². The van der Waals surface area contributed by atoms with E-state index in [0.29, 0.717) is 13.1 Å². The second-order valence-electron chi connectivity index (χ2n) is 6.44. The molecule has 1 atom stereocenters. The molecule has 1 unspecified atom stereocenters. The first-order valence-electron chi connectivity index (χ1n) is 8.53. The average Bonchev–Trinajstić information content (AvgIpc) is 2.63. The zero-order valence-corrected chi connectivity index (χ0v) is 16.4. The maximum Gasteiger partial charge on any atom is 0.347 e. The minimum Gasteiger partial charge on any atom is -0.311 e. The smallest absolute Gasteiger partial charge is 0.311 e. The second kappa shape index (κ2) is 9.30.